The summed E-state index contributed by atoms with van der Waals surface area (Å²) in [6.45, 7) is 4.40. The van der Waals surface area contributed by atoms with Gasteiger partial charge in [0.1, 0.15) is 14.1 Å². The summed E-state index contributed by atoms with van der Waals surface area (Å²) in [4.78, 5) is 2.66. The molecular formula is C24H29Cl2FeN2S+2. The van der Waals surface area contributed by atoms with Crippen LogP contribution in [0.1, 0.15) is 20.3 Å². The summed E-state index contributed by atoms with van der Waals surface area (Å²) < 4.78 is 4.52. The van der Waals surface area contributed by atoms with Gasteiger partial charge in [0, 0.05) is 38.1 Å². The second-order valence-electron chi connectivity index (χ2n) is 6.48. The molecule has 0 aliphatic carbocycles. The Kier molecular flexibility index (Phi) is 12.4. The Hall–Kier alpha value is -1.29. The van der Waals surface area contributed by atoms with Gasteiger partial charge >= 0.3 is 33.3 Å². The van der Waals surface area contributed by atoms with Crippen LogP contribution in [-0.4, -0.2) is 34.7 Å². The molecule has 0 atom stereocenters. The van der Waals surface area contributed by atoms with Crippen LogP contribution < -0.4 is 0 Å². The van der Waals surface area contributed by atoms with E-state index in [1.54, 1.807) is 0 Å². The number of rotatable bonds is 4. The van der Waals surface area contributed by atoms with Crippen LogP contribution in [0.15, 0.2) is 82.6 Å². The van der Waals surface area contributed by atoms with Crippen molar-refractivity contribution in [3.05, 3.63) is 90.1 Å². The number of para-hydroxylation sites is 2. The molecule has 0 saturated heterocycles. The van der Waals surface area contributed by atoms with Crippen molar-refractivity contribution in [1.29, 1.82) is 0 Å². The van der Waals surface area contributed by atoms with Gasteiger partial charge in [-0.25, -0.2) is 0 Å². The molecule has 6 heteroatoms. The van der Waals surface area contributed by atoms with E-state index in [-0.39, 0.29) is 20.6 Å². The van der Waals surface area contributed by atoms with Gasteiger partial charge in [-0.3, -0.25) is 0 Å². The third-order valence-electron chi connectivity index (χ3n) is 4.83. The molecule has 0 aromatic heterocycles. The van der Waals surface area contributed by atoms with Crippen molar-refractivity contribution >= 4 is 54.8 Å². The summed E-state index contributed by atoms with van der Waals surface area (Å²) >= 11 is 2.05. The average Bonchev–Trinajstić information content (AvgIpc) is 2.79. The van der Waals surface area contributed by atoms with Crippen molar-refractivity contribution in [2.75, 3.05) is 14.1 Å². The fourth-order valence-corrected chi connectivity index (χ4v) is 4.10. The van der Waals surface area contributed by atoms with E-state index in [0.717, 1.165) is 6.42 Å². The Bertz CT molecular complexity index is 861. The molecule has 161 valence electrons. The van der Waals surface area contributed by atoms with Crippen molar-refractivity contribution in [3.63, 3.8) is 0 Å². The maximum absolute atomic E-state index is 4.76. The van der Waals surface area contributed by atoms with Crippen LogP contribution in [0.5, 0.6) is 0 Å². The van der Waals surface area contributed by atoms with Gasteiger partial charge in [0.05, 0.1) is 9.81 Å². The number of benzene rings is 2. The first kappa shape index (κ1) is 26.7. The van der Waals surface area contributed by atoms with Gasteiger partial charge in [0.2, 0.25) is 11.4 Å². The molecule has 0 bridgehead atoms. The van der Waals surface area contributed by atoms with Crippen LogP contribution in [0, 0.1) is 7.43 Å². The van der Waals surface area contributed by atoms with Crippen LogP contribution in [0.3, 0.4) is 0 Å². The topological polar surface area (TPSA) is 6.02 Å². The zero-order valence-corrected chi connectivity index (χ0v) is 21.5. The average molecular weight is 504 g/mol. The van der Waals surface area contributed by atoms with E-state index in [1.807, 2.05) is 11.8 Å². The second kappa shape index (κ2) is 13.9. The van der Waals surface area contributed by atoms with Crippen LogP contribution in [0.25, 0.3) is 0 Å². The summed E-state index contributed by atoms with van der Waals surface area (Å²) in [5.41, 5.74) is 4.98. The Labute approximate surface area is 200 Å². The molecule has 2 aromatic rings. The van der Waals surface area contributed by atoms with Crippen molar-refractivity contribution in [2.45, 2.75) is 20.3 Å². The van der Waals surface area contributed by atoms with Gasteiger partial charge in [-0.2, -0.15) is 9.15 Å². The fraction of sp³-hybridized carbons (Fsp3) is 0.208. The normalized spacial score (nSPS) is 14.7. The van der Waals surface area contributed by atoms with Crippen molar-refractivity contribution in [1.82, 2.24) is 0 Å². The standard InChI is InChI=1S/C23H26N2S.CH3.2ClH.Fe/c1-18(24(3)20-12-7-5-8-13-20)22-16-11-17-23(26-22)19(2)25(4)21-14-9-6-10-15-21;;;;/h5-10,12-17H,11H2,1-4H3;1H3;2*1H;/q+2;-1;;;+3/p-2. The summed E-state index contributed by atoms with van der Waals surface area (Å²) in [7, 11) is 13.8. The Morgan fingerprint density at radius 3 is 1.43 bits per heavy atom. The van der Waals surface area contributed by atoms with E-state index >= 15 is 0 Å². The molecular weight excluding hydrogens is 475 g/mol. The molecule has 2 aromatic carbocycles. The summed E-state index contributed by atoms with van der Waals surface area (Å²) in [6, 6.07) is 21.0. The molecule has 0 fully saturated rings. The number of allylic oxidation sites excluding steroid dienone is 4. The number of halogens is 2. The third-order valence-corrected chi connectivity index (χ3v) is 6.20. The predicted octanol–water partition coefficient (Wildman–Crippen LogP) is 7.59. The molecule has 0 unspecified atom stereocenters. The molecule has 3 rings (SSSR count). The second-order valence-corrected chi connectivity index (χ2v) is 9.39. The molecule has 0 amide bonds. The van der Waals surface area contributed by atoms with Gasteiger partial charge in [-0.15, -0.1) is 0 Å². The van der Waals surface area contributed by atoms with Crippen LogP contribution >= 0.6 is 32.0 Å². The molecule has 0 N–H and O–H groups in total. The van der Waals surface area contributed by atoms with E-state index in [1.165, 1.54) is 32.6 Å². The van der Waals surface area contributed by atoms with Gasteiger partial charge in [0.25, 0.3) is 0 Å². The third kappa shape index (κ3) is 7.44. The maximum atomic E-state index is 4.76. The summed E-state index contributed by atoms with van der Waals surface area (Å²) in [5, 5.41) is 0. The van der Waals surface area contributed by atoms with Crippen molar-refractivity contribution in [3.8, 4) is 0 Å². The van der Waals surface area contributed by atoms with Crippen LogP contribution in [0.4, 0.5) is 11.4 Å². The van der Waals surface area contributed by atoms with Gasteiger partial charge in [-0.1, -0.05) is 60.3 Å². The number of hydrogen-bond donors (Lipinski definition) is 0. The van der Waals surface area contributed by atoms with Gasteiger partial charge in [0.15, 0.2) is 11.4 Å². The number of nitrogens with zero attached hydrogens (tertiary/aromatic N) is 2. The van der Waals surface area contributed by atoms with Gasteiger partial charge in [-0.05, 0) is 6.42 Å². The monoisotopic (exact) mass is 503 g/mol. The molecule has 0 spiro atoms. The van der Waals surface area contributed by atoms with E-state index in [9.17, 15) is 0 Å². The Morgan fingerprint density at radius 1 is 0.767 bits per heavy atom. The first-order valence-corrected chi connectivity index (χ1v) is 13.0. The predicted molar refractivity (Wildman–Crippen MR) is 132 cm³/mol. The molecule has 30 heavy (non-hydrogen) atoms. The quantitative estimate of drug-likeness (QED) is 0.180. The SMILES string of the molecule is CC(C1=CCC=C(C(C)=[N+](C)c2ccccc2)S1)=[N+](C)c1ccccc1.[CH3-].[Cl][Fe+][Cl]. The zero-order chi connectivity index (χ0) is 21.2. The molecule has 2 nitrogen and oxygen atoms in total. The first-order valence-electron chi connectivity index (χ1n) is 9.18. The minimum absolute atomic E-state index is 0. The number of hydrogen-bond acceptors (Lipinski definition) is 1. The van der Waals surface area contributed by atoms with Crippen LogP contribution in [0.2, 0.25) is 0 Å². The van der Waals surface area contributed by atoms with E-state index in [2.05, 4.69) is 110 Å². The Balaban J connectivity index is 0.00000106. The zero-order valence-electron chi connectivity index (χ0n) is 18.0. The molecule has 1 heterocycles. The molecule has 1 aliphatic rings. The minimum atomic E-state index is 0. The van der Waals surface area contributed by atoms with E-state index in [4.69, 9.17) is 20.2 Å². The number of thioether (sulfide) groups is 1. The van der Waals surface area contributed by atoms with Crippen molar-refractivity contribution in [2.24, 2.45) is 0 Å². The van der Waals surface area contributed by atoms with E-state index < -0.39 is 0 Å². The van der Waals surface area contributed by atoms with Crippen molar-refractivity contribution < 1.29 is 22.3 Å². The Morgan fingerprint density at radius 2 is 1.10 bits per heavy atom. The molecule has 0 radical (unpaired) electrons. The molecule has 1 aliphatic heterocycles. The summed E-state index contributed by atoms with van der Waals surface area (Å²) in [5.74, 6) is 0. The molecule has 0 saturated carbocycles. The van der Waals surface area contributed by atoms with Crippen LogP contribution in [-0.2, 0) is 13.1 Å². The van der Waals surface area contributed by atoms with E-state index in [0.29, 0.717) is 0 Å². The summed E-state index contributed by atoms with van der Waals surface area (Å²) in [6.07, 6.45) is 5.61. The fourth-order valence-electron chi connectivity index (χ4n) is 2.94. The van der Waals surface area contributed by atoms with Gasteiger partial charge < -0.3 is 7.43 Å². The first-order chi connectivity index (χ1) is 14.0.